The number of aryl methyl sites for hydroxylation is 3. The summed E-state index contributed by atoms with van der Waals surface area (Å²) in [6.45, 7) is 5.91. The Morgan fingerprint density at radius 1 is 1.27 bits per heavy atom. The van der Waals surface area contributed by atoms with Crippen LogP contribution in [-0.4, -0.2) is 32.3 Å². The maximum absolute atomic E-state index is 12.4. The van der Waals surface area contributed by atoms with E-state index >= 15 is 0 Å². The predicted octanol–water partition coefficient (Wildman–Crippen LogP) is 1.86. The minimum atomic E-state index is -3.53. The molecule has 0 unspecified atom stereocenters. The number of H-pyrrole nitrogens is 1. The molecule has 0 amide bonds. The minimum absolute atomic E-state index is 0.272. The molecule has 1 heterocycles. The highest BCUT2D eigenvalue weighted by atomic mass is 32.2. The summed E-state index contributed by atoms with van der Waals surface area (Å²) in [5.41, 5.74) is 3.58. The van der Waals surface area contributed by atoms with E-state index < -0.39 is 10.0 Å². The molecule has 120 valence electrons. The summed E-state index contributed by atoms with van der Waals surface area (Å²) in [5, 5.41) is 7.00. The summed E-state index contributed by atoms with van der Waals surface area (Å²) in [5.74, 6) is 0.640. The molecule has 0 saturated carbocycles. The van der Waals surface area contributed by atoms with Crippen LogP contribution in [-0.2, 0) is 16.4 Å². The highest BCUT2D eigenvalue weighted by Crippen LogP contribution is 2.20. The molecule has 0 aliphatic heterocycles. The van der Waals surface area contributed by atoms with Crippen molar-refractivity contribution in [2.45, 2.75) is 32.1 Å². The lowest BCUT2D eigenvalue weighted by Crippen LogP contribution is -2.26. The number of nitrogens with one attached hydrogen (secondary N) is 2. The Bertz CT molecular complexity index is 747. The molecule has 0 radical (unpaired) electrons. The second-order valence-corrected chi connectivity index (χ2v) is 6.93. The molecule has 0 spiro atoms. The first-order valence-corrected chi connectivity index (χ1v) is 8.48. The lowest BCUT2D eigenvalue weighted by molar-refractivity contribution is 0.414. The van der Waals surface area contributed by atoms with Gasteiger partial charge in [-0.3, -0.25) is 5.10 Å². The van der Waals surface area contributed by atoms with Crippen LogP contribution in [0.5, 0.6) is 5.75 Å². The first kappa shape index (κ1) is 16.5. The first-order chi connectivity index (χ1) is 10.3. The number of hydrogen-bond donors (Lipinski definition) is 2. The maximum Gasteiger partial charge on any atom is 0.240 e. The topological polar surface area (TPSA) is 84.1 Å². The number of hydrogen-bond acceptors (Lipinski definition) is 4. The Kier molecular flexibility index (Phi) is 4.87. The molecule has 1 aromatic heterocycles. The first-order valence-electron chi connectivity index (χ1n) is 7.00. The zero-order chi connectivity index (χ0) is 16.3. The van der Waals surface area contributed by atoms with Gasteiger partial charge < -0.3 is 4.74 Å². The molecule has 0 bridgehead atoms. The lowest BCUT2D eigenvalue weighted by atomic mass is 10.1. The molecule has 2 aromatic rings. The van der Waals surface area contributed by atoms with Crippen LogP contribution < -0.4 is 9.46 Å². The molecule has 1 aromatic carbocycles. The molecule has 22 heavy (non-hydrogen) atoms. The average molecular weight is 323 g/mol. The normalized spacial score (nSPS) is 11.6. The van der Waals surface area contributed by atoms with Crippen molar-refractivity contribution in [3.05, 3.63) is 40.7 Å². The number of aromatic amines is 1. The van der Waals surface area contributed by atoms with Gasteiger partial charge in [-0.2, -0.15) is 5.10 Å². The van der Waals surface area contributed by atoms with Crippen molar-refractivity contribution >= 4 is 10.0 Å². The van der Waals surface area contributed by atoms with E-state index in [1.54, 1.807) is 32.2 Å². The monoisotopic (exact) mass is 323 g/mol. The molecule has 0 atom stereocenters. The third-order valence-electron chi connectivity index (χ3n) is 3.62. The van der Waals surface area contributed by atoms with Crippen LogP contribution in [0, 0.1) is 20.8 Å². The van der Waals surface area contributed by atoms with E-state index in [0.29, 0.717) is 24.3 Å². The fraction of sp³-hybridized carbons (Fsp3) is 0.400. The van der Waals surface area contributed by atoms with Crippen molar-refractivity contribution in [2.24, 2.45) is 0 Å². The molecule has 0 saturated heterocycles. The zero-order valence-corrected chi connectivity index (χ0v) is 14.0. The van der Waals surface area contributed by atoms with E-state index in [1.165, 1.54) is 0 Å². The van der Waals surface area contributed by atoms with Crippen LogP contribution in [0.25, 0.3) is 0 Å². The minimum Gasteiger partial charge on any atom is -0.497 e. The number of rotatable bonds is 6. The van der Waals surface area contributed by atoms with Gasteiger partial charge in [-0.05, 0) is 56.5 Å². The SMILES string of the molecule is COc1ccc(S(=O)(=O)NCCc2c(C)n[nH]c2C)c(C)c1. The van der Waals surface area contributed by atoms with E-state index in [4.69, 9.17) is 4.74 Å². The number of methoxy groups -OCH3 is 1. The van der Waals surface area contributed by atoms with Gasteiger partial charge in [0.25, 0.3) is 0 Å². The van der Waals surface area contributed by atoms with E-state index in [-0.39, 0.29) is 4.90 Å². The van der Waals surface area contributed by atoms with Gasteiger partial charge in [-0.1, -0.05) is 0 Å². The van der Waals surface area contributed by atoms with Crippen LogP contribution in [0.3, 0.4) is 0 Å². The largest absolute Gasteiger partial charge is 0.497 e. The van der Waals surface area contributed by atoms with Crippen LogP contribution in [0.4, 0.5) is 0 Å². The molecule has 0 fully saturated rings. The summed E-state index contributed by atoms with van der Waals surface area (Å²) in [6.07, 6.45) is 0.600. The van der Waals surface area contributed by atoms with Crippen molar-refractivity contribution in [3.63, 3.8) is 0 Å². The number of nitrogens with zero attached hydrogens (tertiary/aromatic N) is 1. The van der Waals surface area contributed by atoms with Gasteiger partial charge in [0.15, 0.2) is 0 Å². The predicted molar refractivity (Wildman–Crippen MR) is 84.7 cm³/mol. The zero-order valence-electron chi connectivity index (χ0n) is 13.2. The van der Waals surface area contributed by atoms with Gasteiger partial charge in [0.1, 0.15) is 5.75 Å². The molecule has 6 nitrogen and oxygen atoms in total. The standard InChI is InChI=1S/C15H21N3O3S/c1-10-9-13(21-4)5-6-15(10)22(19,20)16-8-7-14-11(2)17-18-12(14)3/h5-6,9,16H,7-8H2,1-4H3,(H,17,18). The van der Waals surface area contributed by atoms with E-state index in [1.807, 2.05) is 13.8 Å². The van der Waals surface area contributed by atoms with Crippen molar-refractivity contribution < 1.29 is 13.2 Å². The van der Waals surface area contributed by atoms with Gasteiger partial charge in [-0.25, -0.2) is 13.1 Å². The fourth-order valence-electron chi connectivity index (χ4n) is 2.38. The highest BCUT2D eigenvalue weighted by molar-refractivity contribution is 7.89. The Labute approximate surface area is 130 Å². The molecule has 7 heteroatoms. The molecule has 0 aliphatic carbocycles. The van der Waals surface area contributed by atoms with E-state index in [2.05, 4.69) is 14.9 Å². The van der Waals surface area contributed by atoms with Crippen LogP contribution in [0.15, 0.2) is 23.1 Å². The van der Waals surface area contributed by atoms with E-state index in [9.17, 15) is 8.42 Å². The number of ether oxygens (including phenoxy) is 1. The van der Waals surface area contributed by atoms with Gasteiger partial charge in [0, 0.05) is 12.2 Å². The van der Waals surface area contributed by atoms with Crippen LogP contribution >= 0.6 is 0 Å². The summed E-state index contributed by atoms with van der Waals surface area (Å²) in [6, 6.07) is 4.91. The van der Waals surface area contributed by atoms with Crippen molar-refractivity contribution in [2.75, 3.05) is 13.7 Å². The Balaban J connectivity index is 2.08. The second kappa shape index (κ2) is 6.50. The Morgan fingerprint density at radius 3 is 2.55 bits per heavy atom. The van der Waals surface area contributed by atoms with Crippen LogP contribution in [0.2, 0.25) is 0 Å². The third-order valence-corrected chi connectivity index (χ3v) is 5.24. The van der Waals surface area contributed by atoms with Crippen LogP contribution in [0.1, 0.15) is 22.5 Å². The fourth-order valence-corrected chi connectivity index (χ4v) is 3.64. The summed E-state index contributed by atoms with van der Waals surface area (Å²) >= 11 is 0. The quantitative estimate of drug-likeness (QED) is 0.850. The Morgan fingerprint density at radius 2 is 2.00 bits per heavy atom. The van der Waals surface area contributed by atoms with Crippen molar-refractivity contribution in [1.29, 1.82) is 0 Å². The van der Waals surface area contributed by atoms with Gasteiger partial charge in [-0.15, -0.1) is 0 Å². The molecule has 2 rings (SSSR count). The molecular weight excluding hydrogens is 302 g/mol. The molecule has 2 N–H and O–H groups in total. The van der Waals surface area contributed by atoms with Crippen molar-refractivity contribution in [3.8, 4) is 5.75 Å². The smallest absolute Gasteiger partial charge is 0.240 e. The number of aromatic nitrogens is 2. The highest BCUT2D eigenvalue weighted by Gasteiger charge is 2.17. The van der Waals surface area contributed by atoms with Gasteiger partial charge in [0.05, 0.1) is 17.7 Å². The van der Waals surface area contributed by atoms with Crippen molar-refractivity contribution in [1.82, 2.24) is 14.9 Å². The summed E-state index contributed by atoms with van der Waals surface area (Å²) < 4.78 is 32.5. The average Bonchev–Trinajstić information content (AvgIpc) is 2.78. The second-order valence-electron chi connectivity index (χ2n) is 5.19. The van der Waals surface area contributed by atoms with Gasteiger partial charge in [0.2, 0.25) is 10.0 Å². The maximum atomic E-state index is 12.4. The third kappa shape index (κ3) is 3.48. The summed E-state index contributed by atoms with van der Waals surface area (Å²) in [4.78, 5) is 0.272. The van der Waals surface area contributed by atoms with E-state index in [0.717, 1.165) is 17.0 Å². The molecule has 0 aliphatic rings. The molecular formula is C15H21N3O3S. The Hall–Kier alpha value is -1.86. The lowest BCUT2D eigenvalue weighted by Gasteiger charge is -2.10. The number of benzene rings is 1. The number of sulfonamides is 1. The van der Waals surface area contributed by atoms with Gasteiger partial charge >= 0.3 is 0 Å². The summed E-state index contributed by atoms with van der Waals surface area (Å²) in [7, 11) is -1.98.